The van der Waals surface area contributed by atoms with Gasteiger partial charge < -0.3 is 10.1 Å². The molecule has 4 heteroatoms. The third-order valence-electron chi connectivity index (χ3n) is 3.13. The number of benzene rings is 2. The summed E-state index contributed by atoms with van der Waals surface area (Å²) >= 11 is 5.95. The van der Waals surface area contributed by atoms with Crippen LogP contribution >= 0.6 is 38.5 Å². The molecular weight excluding hydrogens is 429 g/mol. The highest BCUT2D eigenvalue weighted by atomic mass is 127. The molecule has 1 atom stereocenters. The maximum atomic E-state index is 5.30. The molecule has 2 nitrogen and oxygen atoms in total. The first-order valence-corrected chi connectivity index (χ1v) is 8.35. The molecule has 1 N–H and O–H groups in total. The van der Waals surface area contributed by atoms with Crippen molar-refractivity contribution in [3.8, 4) is 5.75 Å². The van der Waals surface area contributed by atoms with E-state index in [1.807, 2.05) is 6.07 Å². The molecule has 0 amide bonds. The Bertz CT molecular complexity index is 588. The number of nitrogens with one attached hydrogen (secondary N) is 1. The van der Waals surface area contributed by atoms with Gasteiger partial charge in [-0.25, -0.2) is 0 Å². The molecule has 0 saturated heterocycles. The summed E-state index contributed by atoms with van der Waals surface area (Å²) in [7, 11) is 1.68. The van der Waals surface area contributed by atoms with E-state index in [2.05, 4.69) is 87.2 Å². The van der Waals surface area contributed by atoms with Crippen LogP contribution in [0.3, 0.4) is 0 Å². The standard InChI is InChI=1S/C16H17BrINO/c1-3-19-16(12-6-4-5-7-14(12)18)11-8-9-15(20-2)13(17)10-11/h4-10,16,19H,3H2,1-2H3. The fourth-order valence-corrected chi connectivity index (χ4v) is 3.44. The first-order valence-electron chi connectivity index (χ1n) is 6.48. The average Bonchev–Trinajstić information content (AvgIpc) is 2.46. The molecule has 0 aliphatic heterocycles. The van der Waals surface area contributed by atoms with Gasteiger partial charge in [-0.15, -0.1) is 0 Å². The fourth-order valence-electron chi connectivity index (χ4n) is 2.18. The number of halogens is 2. The van der Waals surface area contributed by atoms with Crippen molar-refractivity contribution in [1.82, 2.24) is 5.32 Å². The number of hydrogen-bond acceptors (Lipinski definition) is 2. The van der Waals surface area contributed by atoms with Gasteiger partial charge in [-0.3, -0.25) is 0 Å². The predicted molar refractivity (Wildman–Crippen MR) is 95.4 cm³/mol. The molecule has 20 heavy (non-hydrogen) atoms. The molecular formula is C16H17BrINO. The maximum absolute atomic E-state index is 5.30. The van der Waals surface area contributed by atoms with E-state index in [0.717, 1.165) is 16.8 Å². The van der Waals surface area contributed by atoms with Gasteiger partial charge in [-0.05, 0) is 74.4 Å². The van der Waals surface area contributed by atoms with Crippen LogP contribution in [0.15, 0.2) is 46.9 Å². The van der Waals surface area contributed by atoms with Crippen LogP contribution in [0.1, 0.15) is 24.1 Å². The van der Waals surface area contributed by atoms with Gasteiger partial charge in [0.2, 0.25) is 0 Å². The Hall–Kier alpha value is -0.590. The fraction of sp³-hybridized carbons (Fsp3) is 0.250. The van der Waals surface area contributed by atoms with E-state index in [1.165, 1.54) is 14.7 Å². The Kier molecular flexibility index (Phi) is 5.86. The predicted octanol–water partition coefficient (Wildman–Crippen LogP) is 4.76. The van der Waals surface area contributed by atoms with E-state index < -0.39 is 0 Å². The minimum Gasteiger partial charge on any atom is -0.496 e. The van der Waals surface area contributed by atoms with E-state index in [-0.39, 0.29) is 6.04 Å². The SMILES string of the molecule is CCNC(c1ccc(OC)c(Br)c1)c1ccccc1I. The summed E-state index contributed by atoms with van der Waals surface area (Å²) in [6.45, 7) is 3.04. The quantitative estimate of drug-likeness (QED) is 0.670. The second-order valence-corrected chi connectivity index (χ2v) is 6.42. The number of ether oxygens (including phenoxy) is 1. The van der Waals surface area contributed by atoms with Crippen LogP contribution in [-0.4, -0.2) is 13.7 Å². The van der Waals surface area contributed by atoms with E-state index in [4.69, 9.17) is 4.74 Å². The molecule has 0 radical (unpaired) electrons. The molecule has 0 aromatic heterocycles. The molecule has 0 fully saturated rings. The summed E-state index contributed by atoms with van der Waals surface area (Å²) < 4.78 is 7.55. The highest BCUT2D eigenvalue weighted by Gasteiger charge is 2.16. The summed E-state index contributed by atoms with van der Waals surface area (Å²) in [6.07, 6.45) is 0. The van der Waals surface area contributed by atoms with Crippen molar-refractivity contribution in [2.45, 2.75) is 13.0 Å². The van der Waals surface area contributed by atoms with Crippen LogP contribution in [0, 0.1) is 3.57 Å². The van der Waals surface area contributed by atoms with Gasteiger partial charge in [-0.1, -0.05) is 31.2 Å². The molecule has 106 valence electrons. The molecule has 0 spiro atoms. The Morgan fingerprint density at radius 3 is 2.60 bits per heavy atom. The number of rotatable bonds is 5. The van der Waals surface area contributed by atoms with Gasteiger partial charge in [0.1, 0.15) is 5.75 Å². The van der Waals surface area contributed by atoms with Crippen LogP contribution in [0.4, 0.5) is 0 Å². The summed E-state index contributed by atoms with van der Waals surface area (Å²) in [4.78, 5) is 0. The lowest BCUT2D eigenvalue weighted by molar-refractivity contribution is 0.412. The Morgan fingerprint density at radius 1 is 1.25 bits per heavy atom. The molecule has 0 saturated carbocycles. The molecule has 1 unspecified atom stereocenters. The summed E-state index contributed by atoms with van der Waals surface area (Å²) in [5.41, 5.74) is 2.52. The van der Waals surface area contributed by atoms with Crippen molar-refractivity contribution in [2.24, 2.45) is 0 Å². The Morgan fingerprint density at radius 2 is 2.00 bits per heavy atom. The Balaban J connectivity index is 2.43. The third kappa shape index (κ3) is 3.54. The highest BCUT2D eigenvalue weighted by Crippen LogP contribution is 2.32. The second-order valence-electron chi connectivity index (χ2n) is 4.41. The zero-order chi connectivity index (χ0) is 14.5. The lowest BCUT2D eigenvalue weighted by Crippen LogP contribution is -2.22. The molecule has 2 aromatic rings. The van der Waals surface area contributed by atoms with Gasteiger partial charge in [0.15, 0.2) is 0 Å². The van der Waals surface area contributed by atoms with Crippen molar-refractivity contribution in [3.63, 3.8) is 0 Å². The zero-order valence-electron chi connectivity index (χ0n) is 11.5. The topological polar surface area (TPSA) is 21.3 Å². The third-order valence-corrected chi connectivity index (χ3v) is 4.74. The van der Waals surface area contributed by atoms with Crippen LogP contribution in [0.2, 0.25) is 0 Å². The number of hydrogen-bond donors (Lipinski definition) is 1. The average molecular weight is 446 g/mol. The minimum atomic E-state index is 0.190. The summed E-state index contributed by atoms with van der Waals surface area (Å²) in [6, 6.07) is 14.9. The van der Waals surface area contributed by atoms with Gasteiger partial charge in [0.25, 0.3) is 0 Å². The van der Waals surface area contributed by atoms with E-state index in [1.54, 1.807) is 7.11 Å². The van der Waals surface area contributed by atoms with Gasteiger partial charge in [0, 0.05) is 3.57 Å². The Labute approximate surface area is 142 Å². The molecule has 0 heterocycles. The normalized spacial score (nSPS) is 12.2. The van der Waals surface area contributed by atoms with Gasteiger partial charge in [-0.2, -0.15) is 0 Å². The summed E-state index contributed by atoms with van der Waals surface area (Å²) in [5.74, 6) is 0.853. The summed E-state index contributed by atoms with van der Waals surface area (Å²) in [5, 5.41) is 3.55. The van der Waals surface area contributed by atoms with Crippen LogP contribution in [0.5, 0.6) is 5.75 Å². The van der Waals surface area contributed by atoms with Crippen molar-refractivity contribution >= 4 is 38.5 Å². The highest BCUT2D eigenvalue weighted by molar-refractivity contribution is 14.1. The second kappa shape index (κ2) is 7.43. The first-order chi connectivity index (χ1) is 9.67. The molecule has 0 aliphatic carbocycles. The lowest BCUT2D eigenvalue weighted by Gasteiger charge is -2.21. The first kappa shape index (κ1) is 15.8. The largest absolute Gasteiger partial charge is 0.496 e. The van der Waals surface area contributed by atoms with Crippen LogP contribution in [0.25, 0.3) is 0 Å². The monoisotopic (exact) mass is 445 g/mol. The maximum Gasteiger partial charge on any atom is 0.133 e. The van der Waals surface area contributed by atoms with Crippen molar-refractivity contribution in [3.05, 3.63) is 61.6 Å². The van der Waals surface area contributed by atoms with E-state index in [9.17, 15) is 0 Å². The lowest BCUT2D eigenvalue weighted by atomic mass is 9.98. The minimum absolute atomic E-state index is 0.190. The number of methoxy groups -OCH3 is 1. The van der Waals surface area contributed by atoms with Crippen LogP contribution < -0.4 is 10.1 Å². The van der Waals surface area contributed by atoms with Crippen molar-refractivity contribution in [2.75, 3.05) is 13.7 Å². The molecule has 2 rings (SSSR count). The van der Waals surface area contributed by atoms with E-state index >= 15 is 0 Å². The van der Waals surface area contributed by atoms with Crippen molar-refractivity contribution < 1.29 is 4.74 Å². The van der Waals surface area contributed by atoms with E-state index in [0.29, 0.717) is 0 Å². The smallest absolute Gasteiger partial charge is 0.133 e. The van der Waals surface area contributed by atoms with Gasteiger partial charge >= 0.3 is 0 Å². The molecule has 2 aromatic carbocycles. The molecule has 0 bridgehead atoms. The zero-order valence-corrected chi connectivity index (χ0v) is 15.2. The van der Waals surface area contributed by atoms with Gasteiger partial charge in [0.05, 0.1) is 17.6 Å². The molecule has 0 aliphatic rings. The van der Waals surface area contributed by atoms with Crippen LogP contribution in [-0.2, 0) is 0 Å². The van der Waals surface area contributed by atoms with Crippen molar-refractivity contribution in [1.29, 1.82) is 0 Å².